The van der Waals surface area contributed by atoms with E-state index in [-0.39, 0.29) is 11.9 Å². The molecule has 0 bridgehead atoms. The fourth-order valence-electron chi connectivity index (χ4n) is 2.41. The number of nitrogens with one attached hydrogen (secondary N) is 2. The highest BCUT2D eigenvalue weighted by atomic mass is 32.2. The molecule has 6 heteroatoms. The maximum absolute atomic E-state index is 12.4. The second-order valence-corrected chi connectivity index (χ2v) is 7.70. The molecular formula is C18H22N2O3S. The normalized spacial score (nSPS) is 12.5. The molecule has 0 saturated carbocycles. The number of carbonyl (C=O) groups is 1. The van der Waals surface area contributed by atoms with Gasteiger partial charge >= 0.3 is 0 Å². The average molecular weight is 346 g/mol. The van der Waals surface area contributed by atoms with Crippen LogP contribution >= 0.6 is 0 Å². The van der Waals surface area contributed by atoms with Crippen molar-refractivity contribution in [3.8, 4) is 0 Å². The standard InChI is InChI=1S/C18H22N2O3S/c1-12-9-10-15(11-13(12)2)18(21)19-14(3)16-7-5-6-8-17(16)20-24(4,22)23/h5-11,14,20H,1-4H3,(H,19,21)/t14-/m1/s1. The zero-order chi connectivity index (χ0) is 17.9. The lowest BCUT2D eigenvalue weighted by atomic mass is 10.0. The molecule has 0 heterocycles. The molecule has 5 nitrogen and oxygen atoms in total. The largest absolute Gasteiger partial charge is 0.345 e. The van der Waals surface area contributed by atoms with E-state index in [1.807, 2.05) is 39.0 Å². The van der Waals surface area contributed by atoms with Gasteiger partial charge in [-0.3, -0.25) is 9.52 Å². The summed E-state index contributed by atoms with van der Waals surface area (Å²) in [7, 11) is -3.39. The zero-order valence-electron chi connectivity index (χ0n) is 14.3. The Morgan fingerprint density at radius 2 is 1.71 bits per heavy atom. The Morgan fingerprint density at radius 1 is 1.04 bits per heavy atom. The van der Waals surface area contributed by atoms with Gasteiger partial charge in [-0.2, -0.15) is 0 Å². The maximum atomic E-state index is 12.4. The van der Waals surface area contributed by atoms with Crippen molar-refractivity contribution in [1.29, 1.82) is 0 Å². The first-order valence-corrected chi connectivity index (χ1v) is 9.51. The van der Waals surface area contributed by atoms with Gasteiger partial charge in [-0.25, -0.2) is 8.42 Å². The average Bonchev–Trinajstić information content (AvgIpc) is 2.48. The fourth-order valence-corrected chi connectivity index (χ4v) is 2.99. The lowest BCUT2D eigenvalue weighted by Gasteiger charge is -2.18. The monoisotopic (exact) mass is 346 g/mol. The van der Waals surface area contributed by atoms with Crippen molar-refractivity contribution in [2.24, 2.45) is 0 Å². The number of hydrogen-bond donors (Lipinski definition) is 2. The number of carbonyl (C=O) groups excluding carboxylic acids is 1. The van der Waals surface area contributed by atoms with Crippen molar-refractivity contribution in [2.45, 2.75) is 26.8 Å². The highest BCUT2D eigenvalue weighted by molar-refractivity contribution is 7.92. The van der Waals surface area contributed by atoms with Crippen LogP contribution in [0.1, 0.15) is 40.0 Å². The highest BCUT2D eigenvalue weighted by Crippen LogP contribution is 2.23. The molecule has 0 spiro atoms. The van der Waals surface area contributed by atoms with E-state index in [0.717, 1.165) is 17.4 Å². The molecule has 0 aliphatic carbocycles. The minimum atomic E-state index is -3.39. The number of aryl methyl sites for hydroxylation is 2. The van der Waals surface area contributed by atoms with Crippen LogP contribution < -0.4 is 10.0 Å². The summed E-state index contributed by atoms with van der Waals surface area (Å²) < 4.78 is 25.5. The summed E-state index contributed by atoms with van der Waals surface area (Å²) in [6.07, 6.45) is 1.10. The summed E-state index contributed by atoms with van der Waals surface area (Å²) in [5.74, 6) is -0.195. The molecule has 2 rings (SSSR count). The molecule has 0 radical (unpaired) electrons. The van der Waals surface area contributed by atoms with E-state index in [0.29, 0.717) is 16.8 Å². The van der Waals surface area contributed by atoms with Crippen molar-refractivity contribution in [3.05, 3.63) is 64.7 Å². The third-order valence-corrected chi connectivity index (χ3v) is 4.43. The number of rotatable bonds is 5. The summed E-state index contributed by atoms with van der Waals surface area (Å²) in [4.78, 5) is 12.4. The van der Waals surface area contributed by atoms with Crippen molar-refractivity contribution >= 4 is 21.6 Å². The molecule has 2 N–H and O–H groups in total. The first kappa shape index (κ1) is 18.0. The van der Waals surface area contributed by atoms with Gasteiger partial charge in [0, 0.05) is 5.56 Å². The molecule has 0 fully saturated rings. The van der Waals surface area contributed by atoms with Gasteiger partial charge in [0.15, 0.2) is 0 Å². The van der Waals surface area contributed by atoms with E-state index in [1.54, 1.807) is 24.3 Å². The van der Waals surface area contributed by atoms with Gasteiger partial charge < -0.3 is 5.32 Å². The molecule has 128 valence electrons. The number of benzene rings is 2. The number of anilines is 1. The van der Waals surface area contributed by atoms with E-state index < -0.39 is 10.0 Å². The number of hydrogen-bond acceptors (Lipinski definition) is 3. The van der Waals surface area contributed by atoms with Gasteiger partial charge in [0.2, 0.25) is 10.0 Å². The summed E-state index contributed by atoms with van der Waals surface area (Å²) >= 11 is 0. The van der Waals surface area contributed by atoms with Crippen LogP contribution in [-0.2, 0) is 10.0 Å². The number of para-hydroxylation sites is 1. The van der Waals surface area contributed by atoms with E-state index in [2.05, 4.69) is 10.0 Å². The first-order chi connectivity index (χ1) is 11.2. The minimum absolute atomic E-state index is 0.195. The zero-order valence-corrected chi connectivity index (χ0v) is 15.1. The molecule has 24 heavy (non-hydrogen) atoms. The van der Waals surface area contributed by atoms with Gasteiger partial charge in [0.25, 0.3) is 5.91 Å². The van der Waals surface area contributed by atoms with Crippen molar-refractivity contribution in [3.63, 3.8) is 0 Å². The molecule has 0 aliphatic heterocycles. The van der Waals surface area contributed by atoms with E-state index >= 15 is 0 Å². The SMILES string of the molecule is Cc1ccc(C(=O)N[C@H](C)c2ccccc2NS(C)(=O)=O)cc1C. The first-order valence-electron chi connectivity index (χ1n) is 7.62. The Bertz CT molecular complexity index is 860. The van der Waals surface area contributed by atoms with Crippen molar-refractivity contribution in [2.75, 3.05) is 11.0 Å². The molecule has 0 aromatic heterocycles. The van der Waals surface area contributed by atoms with Gasteiger partial charge in [0.05, 0.1) is 18.0 Å². The summed E-state index contributed by atoms with van der Waals surface area (Å²) in [6, 6.07) is 12.2. The van der Waals surface area contributed by atoms with Crippen molar-refractivity contribution < 1.29 is 13.2 Å². The molecule has 0 unspecified atom stereocenters. The van der Waals surface area contributed by atoms with E-state index in [4.69, 9.17) is 0 Å². The summed E-state index contributed by atoms with van der Waals surface area (Å²) in [6.45, 7) is 5.77. The van der Waals surface area contributed by atoms with E-state index in [9.17, 15) is 13.2 Å². The molecule has 2 aromatic rings. The second kappa shape index (κ2) is 7.05. The molecule has 0 aliphatic rings. The van der Waals surface area contributed by atoms with Crippen LogP contribution in [0, 0.1) is 13.8 Å². The Labute approximate surface area is 143 Å². The van der Waals surface area contributed by atoms with Gasteiger partial charge in [-0.1, -0.05) is 24.3 Å². The molecule has 2 aromatic carbocycles. The second-order valence-electron chi connectivity index (χ2n) is 5.96. The predicted octanol–water partition coefficient (Wildman–Crippen LogP) is 3.17. The van der Waals surface area contributed by atoms with Gasteiger partial charge in [0.1, 0.15) is 0 Å². The molecule has 1 atom stereocenters. The maximum Gasteiger partial charge on any atom is 0.251 e. The highest BCUT2D eigenvalue weighted by Gasteiger charge is 2.16. The Morgan fingerprint density at radius 3 is 2.33 bits per heavy atom. The van der Waals surface area contributed by atoms with E-state index in [1.165, 1.54) is 0 Å². The van der Waals surface area contributed by atoms with Crippen LogP contribution in [0.3, 0.4) is 0 Å². The van der Waals surface area contributed by atoms with Crippen LogP contribution in [0.2, 0.25) is 0 Å². The van der Waals surface area contributed by atoms with Crippen molar-refractivity contribution in [1.82, 2.24) is 5.32 Å². The quantitative estimate of drug-likeness (QED) is 0.873. The fraction of sp³-hybridized carbons (Fsp3) is 0.278. The van der Waals surface area contributed by atoms with Crippen LogP contribution in [0.25, 0.3) is 0 Å². The van der Waals surface area contributed by atoms with Gasteiger partial charge in [-0.05, 0) is 55.7 Å². The number of amides is 1. The summed E-state index contributed by atoms with van der Waals surface area (Å²) in [5, 5.41) is 2.91. The third-order valence-electron chi connectivity index (χ3n) is 3.84. The lowest BCUT2D eigenvalue weighted by molar-refractivity contribution is 0.0940. The van der Waals surface area contributed by atoms with Crippen LogP contribution in [0.5, 0.6) is 0 Å². The molecule has 0 saturated heterocycles. The lowest BCUT2D eigenvalue weighted by Crippen LogP contribution is -2.27. The summed E-state index contributed by atoms with van der Waals surface area (Å²) in [5.41, 5.74) is 3.93. The molecule has 1 amide bonds. The Hall–Kier alpha value is -2.34. The van der Waals surface area contributed by atoms with Crippen LogP contribution in [-0.4, -0.2) is 20.6 Å². The Kier molecular flexibility index (Phi) is 5.29. The minimum Gasteiger partial charge on any atom is -0.345 e. The smallest absolute Gasteiger partial charge is 0.251 e. The topological polar surface area (TPSA) is 75.3 Å². The van der Waals surface area contributed by atoms with Crippen LogP contribution in [0.4, 0.5) is 5.69 Å². The number of sulfonamides is 1. The predicted molar refractivity (Wildman–Crippen MR) is 96.7 cm³/mol. The third kappa shape index (κ3) is 4.58. The van der Waals surface area contributed by atoms with Crippen LogP contribution in [0.15, 0.2) is 42.5 Å². The Balaban J connectivity index is 2.22. The van der Waals surface area contributed by atoms with Gasteiger partial charge in [-0.15, -0.1) is 0 Å². The molecular weight excluding hydrogens is 324 g/mol.